The molecule has 0 rings (SSSR count). The van der Waals surface area contributed by atoms with Crippen LogP contribution in [-0.4, -0.2) is 38.4 Å². The number of carbonyl (C=O) groups excluding carboxylic acids is 2. The number of unbranched alkanes of at least 4 members (excludes halogenated alkanes) is 12. The summed E-state index contributed by atoms with van der Waals surface area (Å²) in [6.45, 7) is 4.87. The minimum Gasteiger partial charge on any atom is -0.464 e. The predicted molar refractivity (Wildman–Crippen MR) is 109 cm³/mol. The molecule has 27 heavy (non-hydrogen) atoms. The van der Waals surface area contributed by atoms with Gasteiger partial charge in [-0.25, -0.2) is 9.59 Å². The van der Waals surface area contributed by atoms with Gasteiger partial charge in [-0.05, 0) is 12.8 Å². The van der Waals surface area contributed by atoms with E-state index in [1.54, 1.807) is 0 Å². The van der Waals surface area contributed by atoms with Gasteiger partial charge in [-0.15, -0.1) is 0 Å². The van der Waals surface area contributed by atoms with E-state index in [1.165, 1.54) is 64.2 Å². The molecule has 0 amide bonds. The SMILES string of the molecule is CCCCCCCCCCCOC(=O)COCC(=O)OCCCCCCC. The van der Waals surface area contributed by atoms with Crippen LogP contribution in [0, 0.1) is 0 Å². The van der Waals surface area contributed by atoms with Gasteiger partial charge >= 0.3 is 11.9 Å². The Morgan fingerprint density at radius 2 is 0.852 bits per heavy atom. The van der Waals surface area contributed by atoms with Crippen molar-refractivity contribution in [2.24, 2.45) is 0 Å². The van der Waals surface area contributed by atoms with Crippen LogP contribution in [0.15, 0.2) is 0 Å². The lowest BCUT2D eigenvalue weighted by Gasteiger charge is -2.07. The lowest BCUT2D eigenvalue weighted by Crippen LogP contribution is -2.19. The zero-order valence-corrected chi connectivity index (χ0v) is 17.8. The van der Waals surface area contributed by atoms with E-state index in [-0.39, 0.29) is 13.2 Å². The van der Waals surface area contributed by atoms with Gasteiger partial charge in [-0.1, -0.05) is 90.9 Å². The average molecular weight is 387 g/mol. The van der Waals surface area contributed by atoms with Crippen LogP contribution in [0.5, 0.6) is 0 Å². The molecule has 0 unspecified atom stereocenters. The molecule has 0 aromatic rings. The molecule has 0 bridgehead atoms. The van der Waals surface area contributed by atoms with Crippen LogP contribution in [0.3, 0.4) is 0 Å². The topological polar surface area (TPSA) is 61.8 Å². The minimum absolute atomic E-state index is 0.191. The first kappa shape index (κ1) is 25.9. The van der Waals surface area contributed by atoms with Crippen molar-refractivity contribution in [1.82, 2.24) is 0 Å². The van der Waals surface area contributed by atoms with E-state index in [4.69, 9.17) is 14.2 Å². The van der Waals surface area contributed by atoms with E-state index in [0.29, 0.717) is 13.2 Å². The molecule has 0 aliphatic heterocycles. The highest BCUT2D eigenvalue weighted by molar-refractivity contribution is 5.73. The summed E-state index contributed by atoms with van der Waals surface area (Å²) in [5, 5.41) is 0. The molecule has 0 aromatic heterocycles. The smallest absolute Gasteiger partial charge is 0.332 e. The van der Waals surface area contributed by atoms with Crippen LogP contribution in [0.25, 0.3) is 0 Å². The van der Waals surface area contributed by atoms with Gasteiger partial charge in [0.25, 0.3) is 0 Å². The highest BCUT2D eigenvalue weighted by Crippen LogP contribution is 2.09. The molecule has 0 fully saturated rings. The van der Waals surface area contributed by atoms with Gasteiger partial charge in [-0.2, -0.15) is 0 Å². The summed E-state index contributed by atoms with van der Waals surface area (Å²) in [4.78, 5) is 23.0. The van der Waals surface area contributed by atoms with E-state index >= 15 is 0 Å². The molecule has 0 aliphatic carbocycles. The zero-order valence-electron chi connectivity index (χ0n) is 17.8. The first-order valence-electron chi connectivity index (χ1n) is 11.1. The Balaban J connectivity index is 3.30. The standard InChI is InChI=1S/C22H42O5/c1-3-5-7-9-10-11-12-14-16-18-27-22(24)20-25-19-21(23)26-17-15-13-8-6-4-2/h3-20H2,1-2H3. The Kier molecular flexibility index (Phi) is 20.3. The molecule has 5 nitrogen and oxygen atoms in total. The van der Waals surface area contributed by atoms with Crippen molar-refractivity contribution in [3.63, 3.8) is 0 Å². The first-order chi connectivity index (χ1) is 13.2. The first-order valence-corrected chi connectivity index (χ1v) is 11.1. The van der Waals surface area contributed by atoms with Crippen LogP contribution >= 0.6 is 0 Å². The Labute approximate surface area is 166 Å². The number of carbonyl (C=O) groups is 2. The Morgan fingerprint density at radius 3 is 1.22 bits per heavy atom. The fraction of sp³-hybridized carbons (Fsp3) is 0.909. The van der Waals surface area contributed by atoms with Gasteiger partial charge < -0.3 is 14.2 Å². The van der Waals surface area contributed by atoms with Crippen molar-refractivity contribution in [2.45, 2.75) is 104 Å². The normalized spacial score (nSPS) is 10.7. The van der Waals surface area contributed by atoms with Crippen molar-refractivity contribution < 1.29 is 23.8 Å². The summed E-state index contributed by atoms with van der Waals surface area (Å²) >= 11 is 0. The highest BCUT2D eigenvalue weighted by Gasteiger charge is 2.07. The van der Waals surface area contributed by atoms with Crippen LogP contribution < -0.4 is 0 Å². The van der Waals surface area contributed by atoms with Crippen LogP contribution in [0.4, 0.5) is 0 Å². The maximum Gasteiger partial charge on any atom is 0.332 e. The van der Waals surface area contributed by atoms with E-state index in [2.05, 4.69) is 13.8 Å². The molecule has 0 saturated heterocycles. The van der Waals surface area contributed by atoms with Crippen LogP contribution in [0.2, 0.25) is 0 Å². The monoisotopic (exact) mass is 386 g/mol. The molecular formula is C22H42O5. The van der Waals surface area contributed by atoms with Gasteiger partial charge in [-0.3, -0.25) is 0 Å². The van der Waals surface area contributed by atoms with Gasteiger partial charge in [0.15, 0.2) is 0 Å². The van der Waals surface area contributed by atoms with E-state index < -0.39 is 11.9 Å². The molecule has 0 saturated carbocycles. The lowest BCUT2D eigenvalue weighted by atomic mass is 10.1. The van der Waals surface area contributed by atoms with Crippen LogP contribution in [0.1, 0.15) is 104 Å². The number of hydrogen-bond acceptors (Lipinski definition) is 5. The van der Waals surface area contributed by atoms with Crippen molar-refractivity contribution in [3.8, 4) is 0 Å². The third-order valence-electron chi connectivity index (χ3n) is 4.46. The summed E-state index contributed by atoms with van der Waals surface area (Å²) in [7, 11) is 0. The van der Waals surface area contributed by atoms with E-state index in [9.17, 15) is 9.59 Å². The van der Waals surface area contributed by atoms with Crippen LogP contribution in [-0.2, 0) is 23.8 Å². The number of hydrogen-bond donors (Lipinski definition) is 0. The predicted octanol–water partition coefficient (Wildman–Crippen LogP) is 5.59. The Bertz CT molecular complexity index is 344. The van der Waals surface area contributed by atoms with Gasteiger partial charge in [0.1, 0.15) is 13.2 Å². The maximum atomic E-state index is 11.5. The van der Waals surface area contributed by atoms with Gasteiger partial charge in [0, 0.05) is 0 Å². The summed E-state index contributed by atoms with van der Waals surface area (Å²) in [6, 6.07) is 0. The number of ether oxygens (including phenoxy) is 3. The molecule has 0 heterocycles. The highest BCUT2D eigenvalue weighted by atomic mass is 16.6. The second-order valence-electron chi connectivity index (χ2n) is 7.18. The molecule has 5 heteroatoms. The van der Waals surface area contributed by atoms with E-state index in [0.717, 1.165) is 25.7 Å². The summed E-state index contributed by atoms with van der Waals surface area (Å²) in [5.74, 6) is -0.834. The number of esters is 2. The van der Waals surface area contributed by atoms with Crippen molar-refractivity contribution >= 4 is 11.9 Å². The summed E-state index contributed by atoms with van der Waals surface area (Å²) in [5.41, 5.74) is 0. The van der Waals surface area contributed by atoms with E-state index in [1.807, 2.05) is 0 Å². The summed E-state index contributed by atoms with van der Waals surface area (Å²) in [6.07, 6.45) is 16.6. The van der Waals surface area contributed by atoms with Crippen molar-refractivity contribution in [1.29, 1.82) is 0 Å². The number of rotatable bonds is 20. The average Bonchev–Trinajstić information content (AvgIpc) is 2.66. The lowest BCUT2D eigenvalue weighted by molar-refractivity contribution is -0.155. The second-order valence-corrected chi connectivity index (χ2v) is 7.18. The molecule has 0 radical (unpaired) electrons. The molecule has 0 N–H and O–H groups in total. The van der Waals surface area contributed by atoms with Crippen molar-refractivity contribution in [2.75, 3.05) is 26.4 Å². The summed E-state index contributed by atoms with van der Waals surface area (Å²) < 4.78 is 15.2. The fourth-order valence-electron chi connectivity index (χ4n) is 2.79. The van der Waals surface area contributed by atoms with Gasteiger partial charge in [0.05, 0.1) is 13.2 Å². The molecule has 160 valence electrons. The third-order valence-corrected chi connectivity index (χ3v) is 4.46. The second kappa shape index (κ2) is 21.2. The zero-order chi connectivity index (χ0) is 20.0. The molecule has 0 aromatic carbocycles. The Hall–Kier alpha value is -1.10. The maximum absolute atomic E-state index is 11.5. The minimum atomic E-state index is -0.419. The Morgan fingerprint density at radius 1 is 0.519 bits per heavy atom. The fourth-order valence-corrected chi connectivity index (χ4v) is 2.79. The third kappa shape index (κ3) is 21.1. The molecule has 0 atom stereocenters. The van der Waals surface area contributed by atoms with Crippen molar-refractivity contribution in [3.05, 3.63) is 0 Å². The van der Waals surface area contributed by atoms with Gasteiger partial charge in [0.2, 0.25) is 0 Å². The molecular weight excluding hydrogens is 344 g/mol. The quantitative estimate of drug-likeness (QED) is 0.202. The largest absolute Gasteiger partial charge is 0.464 e. The molecule has 0 spiro atoms. The molecule has 0 aliphatic rings.